The van der Waals surface area contributed by atoms with E-state index < -0.39 is 0 Å². The summed E-state index contributed by atoms with van der Waals surface area (Å²) in [5.74, 6) is 0.805. The van der Waals surface area contributed by atoms with Crippen molar-refractivity contribution in [1.29, 1.82) is 0 Å². The molecular weight excluding hydrogens is 298 g/mol. The third kappa shape index (κ3) is 3.70. The normalized spacial score (nSPS) is 24.9. The Morgan fingerprint density at radius 1 is 1.35 bits per heavy atom. The molecule has 3 heteroatoms. The Morgan fingerprint density at radius 2 is 2.12 bits per heavy atom. The first-order valence-corrected chi connectivity index (χ1v) is 7.51. The molecule has 0 spiro atoms. The average molecular weight is 317 g/mol. The minimum atomic E-state index is 0.679. The molecule has 0 aliphatic heterocycles. The van der Waals surface area contributed by atoms with Gasteiger partial charge in [-0.3, -0.25) is 0 Å². The zero-order valence-corrected chi connectivity index (χ0v) is 12.5. The maximum atomic E-state index is 5.99. The minimum Gasteiger partial charge on any atom is -0.310 e. The Hall–Kier alpha value is -0.0500. The van der Waals surface area contributed by atoms with Crippen molar-refractivity contribution in [3.05, 3.63) is 33.3 Å². The molecule has 0 heterocycles. The van der Waals surface area contributed by atoms with Crippen LogP contribution in [0.3, 0.4) is 0 Å². The average Bonchev–Trinajstić information content (AvgIpc) is 2.32. The highest BCUT2D eigenvalue weighted by atomic mass is 79.9. The molecule has 1 aromatic rings. The van der Waals surface area contributed by atoms with Crippen molar-refractivity contribution in [1.82, 2.24) is 5.32 Å². The standard InChI is InChI=1S/C14H19BrClN/c1-10-4-2-3-5-14(10)17-9-11-6-7-13(16)12(15)8-11/h6-8,10,14,17H,2-5,9H2,1H3. The van der Waals surface area contributed by atoms with Crippen LogP contribution in [-0.2, 0) is 6.54 Å². The topological polar surface area (TPSA) is 12.0 Å². The zero-order chi connectivity index (χ0) is 12.3. The fourth-order valence-electron chi connectivity index (χ4n) is 2.52. The Labute approximate surface area is 117 Å². The molecule has 1 aromatic carbocycles. The Balaban J connectivity index is 1.90. The first-order valence-electron chi connectivity index (χ1n) is 6.34. The van der Waals surface area contributed by atoms with Crippen LogP contribution in [0.15, 0.2) is 22.7 Å². The van der Waals surface area contributed by atoms with Gasteiger partial charge in [0.15, 0.2) is 0 Å². The van der Waals surface area contributed by atoms with Crippen molar-refractivity contribution < 1.29 is 0 Å². The van der Waals surface area contributed by atoms with Gasteiger partial charge in [-0.25, -0.2) is 0 Å². The van der Waals surface area contributed by atoms with Crippen LogP contribution in [0, 0.1) is 5.92 Å². The summed E-state index contributed by atoms with van der Waals surface area (Å²) >= 11 is 9.45. The number of rotatable bonds is 3. The van der Waals surface area contributed by atoms with Crippen molar-refractivity contribution in [3.63, 3.8) is 0 Å². The van der Waals surface area contributed by atoms with Crippen molar-refractivity contribution in [2.75, 3.05) is 0 Å². The van der Waals surface area contributed by atoms with Gasteiger partial charge in [-0.1, -0.05) is 37.4 Å². The lowest BCUT2D eigenvalue weighted by Crippen LogP contribution is -2.36. The van der Waals surface area contributed by atoms with Crippen LogP contribution in [0.5, 0.6) is 0 Å². The first kappa shape index (κ1) is 13.4. The first-order chi connectivity index (χ1) is 8.16. The number of hydrogen-bond donors (Lipinski definition) is 1. The van der Waals surface area contributed by atoms with E-state index in [0.717, 1.165) is 22.0 Å². The number of hydrogen-bond acceptors (Lipinski definition) is 1. The smallest absolute Gasteiger partial charge is 0.0548 e. The highest BCUT2D eigenvalue weighted by Gasteiger charge is 2.20. The lowest BCUT2D eigenvalue weighted by atomic mass is 9.86. The summed E-state index contributed by atoms with van der Waals surface area (Å²) in [6, 6.07) is 6.82. The predicted molar refractivity (Wildman–Crippen MR) is 77.4 cm³/mol. The monoisotopic (exact) mass is 315 g/mol. The van der Waals surface area contributed by atoms with Gasteiger partial charge >= 0.3 is 0 Å². The summed E-state index contributed by atoms with van der Waals surface area (Å²) in [4.78, 5) is 0. The van der Waals surface area contributed by atoms with Crippen LogP contribution >= 0.6 is 27.5 Å². The second-order valence-corrected chi connectivity index (χ2v) is 6.26. The lowest BCUT2D eigenvalue weighted by Gasteiger charge is -2.29. The van der Waals surface area contributed by atoms with Crippen molar-refractivity contribution in [2.24, 2.45) is 5.92 Å². The summed E-state index contributed by atoms with van der Waals surface area (Å²) in [6.07, 6.45) is 5.44. The van der Waals surface area contributed by atoms with Crippen LogP contribution < -0.4 is 5.32 Å². The lowest BCUT2D eigenvalue weighted by molar-refractivity contribution is 0.279. The van der Waals surface area contributed by atoms with Gasteiger partial charge in [-0.05, 0) is 52.4 Å². The number of halogens is 2. The van der Waals surface area contributed by atoms with Crippen LogP contribution in [0.4, 0.5) is 0 Å². The molecule has 0 amide bonds. The molecule has 0 bridgehead atoms. The molecule has 1 fully saturated rings. The van der Waals surface area contributed by atoms with E-state index in [9.17, 15) is 0 Å². The molecule has 1 nitrogen and oxygen atoms in total. The van der Waals surface area contributed by atoms with Crippen molar-refractivity contribution in [2.45, 2.75) is 45.2 Å². The van der Waals surface area contributed by atoms with E-state index in [-0.39, 0.29) is 0 Å². The van der Waals surface area contributed by atoms with E-state index >= 15 is 0 Å². The van der Waals surface area contributed by atoms with E-state index in [1.807, 2.05) is 6.07 Å². The largest absolute Gasteiger partial charge is 0.310 e. The number of nitrogens with one attached hydrogen (secondary N) is 1. The van der Waals surface area contributed by atoms with Gasteiger partial charge < -0.3 is 5.32 Å². The Morgan fingerprint density at radius 3 is 2.82 bits per heavy atom. The fourth-order valence-corrected chi connectivity index (χ4v) is 3.06. The molecule has 1 saturated carbocycles. The number of benzene rings is 1. The summed E-state index contributed by atoms with van der Waals surface area (Å²) < 4.78 is 0.982. The Bertz CT molecular complexity index is 380. The second kappa shape index (κ2) is 6.21. The van der Waals surface area contributed by atoms with Crippen LogP contribution in [-0.4, -0.2) is 6.04 Å². The maximum Gasteiger partial charge on any atom is 0.0548 e. The fraction of sp³-hybridized carbons (Fsp3) is 0.571. The van der Waals surface area contributed by atoms with Crippen molar-refractivity contribution >= 4 is 27.5 Å². The minimum absolute atomic E-state index is 0.679. The van der Waals surface area contributed by atoms with E-state index in [0.29, 0.717) is 6.04 Å². The highest BCUT2D eigenvalue weighted by Crippen LogP contribution is 2.25. The molecule has 0 aromatic heterocycles. The molecule has 2 rings (SSSR count). The van der Waals surface area contributed by atoms with Gasteiger partial charge in [0.1, 0.15) is 0 Å². The molecule has 2 atom stereocenters. The van der Waals surface area contributed by atoms with Crippen LogP contribution in [0.2, 0.25) is 5.02 Å². The van der Waals surface area contributed by atoms with Gasteiger partial charge in [0.2, 0.25) is 0 Å². The van der Waals surface area contributed by atoms with Gasteiger partial charge in [-0.15, -0.1) is 0 Å². The quantitative estimate of drug-likeness (QED) is 0.847. The SMILES string of the molecule is CC1CCCCC1NCc1ccc(Cl)c(Br)c1. The zero-order valence-electron chi connectivity index (χ0n) is 10.2. The third-order valence-electron chi connectivity index (χ3n) is 3.66. The summed E-state index contributed by atoms with van der Waals surface area (Å²) in [6.45, 7) is 3.29. The maximum absolute atomic E-state index is 5.99. The van der Waals surface area contributed by atoms with Gasteiger partial charge in [-0.2, -0.15) is 0 Å². The van der Waals surface area contributed by atoms with Crippen LogP contribution in [0.25, 0.3) is 0 Å². The molecule has 1 N–H and O–H groups in total. The Kier molecular flexibility index (Phi) is 4.89. The molecule has 2 unspecified atom stereocenters. The third-order valence-corrected chi connectivity index (χ3v) is 4.88. The predicted octanol–water partition coefficient (Wildman–Crippen LogP) is 4.77. The molecule has 94 valence electrons. The molecule has 1 aliphatic rings. The van der Waals surface area contributed by atoms with Gasteiger partial charge in [0.05, 0.1) is 5.02 Å². The molecule has 17 heavy (non-hydrogen) atoms. The van der Waals surface area contributed by atoms with E-state index in [2.05, 4.69) is 40.3 Å². The van der Waals surface area contributed by atoms with E-state index in [1.54, 1.807) is 0 Å². The molecule has 1 aliphatic carbocycles. The molecule has 0 saturated heterocycles. The van der Waals surface area contributed by atoms with E-state index in [1.165, 1.54) is 31.2 Å². The van der Waals surface area contributed by atoms with E-state index in [4.69, 9.17) is 11.6 Å². The summed E-state index contributed by atoms with van der Waals surface area (Å²) in [5.41, 5.74) is 1.29. The summed E-state index contributed by atoms with van der Waals surface area (Å²) in [5, 5.41) is 4.45. The highest BCUT2D eigenvalue weighted by molar-refractivity contribution is 9.10. The molecular formula is C14H19BrClN. The summed E-state index contributed by atoms with van der Waals surface area (Å²) in [7, 11) is 0. The second-order valence-electron chi connectivity index (χ2n) is 5.00. The van der Waals surface area contributed by atoms with Crippen LogP contribution in [0.1, 0.15) is 38.2 Å². The van der Waals surface area contributed by atoms with Crippen molar-refractivity contribution in [3.8, 4) is 0 Å². The van der Waals surface area contributed by atoms with Gasteiger partial charge in [0.25, 0.3) is 0 Å². The van der Waals surface area contributed by atoms with Gasteiger partial charge in [0, 0.05) is 17.1 Å². The molecule has 0 radical (unpaired) electrons.